The standard InChI is InChI=1S/C19H19N5O3/c1-12-5-4-6-13(2)17(12)21-18(25)14(3)27-19(26)15-7-9-16(10-8-15)24-11-20-22-23-24/h4-11,14H,1-3H3,(H,21,25)/t14-/m1/s1. The predicted octanol–water partition coefficient (Wildman–Crippen LogP) is 2.46. The first-order chi connectivity index (χ1) is 13.0. The Hall–Kier alpha value is -3.55. The number of hydrogen-bond acceptors (Lipinski definition) is 6. The summed E-state index contributed by atoms with van der Waals surface area (Å²) in [4.78, 5) is 24.7. The van der Waals surface area contributed by atoms with E-state index in [0.29, 0.717) is 11.3 Å². The fourth-order valence-electron chi connectivity index (χ4n) is 2.55. The van der Waals surface area contributed by atoms with Gasteiger partial charge in [0.1, 0.15) is 6.33 Å². The first-order valence-electron chi connectivity index (χ1n) is 8.37. The van der Waals surface area contributed by atoms with Crippen molar-refractivity contribution < 1.29 is 14.3 Å². The molecule has 0 saturated heterocycles. The lowest BCUT2D eigenvalue weighted by Crippen LogP contribution is -2.30. The number of nitrogens with one attached hydrogen (secondary N) is 1. The first-order valence-corrected chi connectivity index (χ1v) is 8.37. The molecule has 0 bridgehead atoms. The Labute approximate surface area is 156 Å². The Kier molecular flexibility index (Phi) is 5.25. The molecule has 3 rings (SSSR count). The molecule has 0 fully saturated rings. The summed E-state index contributed by atoms with van der Waals surface area (Å²) in [6.45, 7) is 5.35. The van der Waals surface area contributed by atoms with Gasteiger partial charge in [-0.3, -0.25) is 4.79 Å². The van der Waals surface area contributed by atoms with E-state index < -0.39 is 12.1 Å². The van der Waals surface area contributed by atoms with Crippen molar-refractivity contribution in [3.63, 3.8) is 0 Å². The monoisotopic (exact) mass is 365 g/mol. The molecule has 0 aliphatic rings. The average Bonchev–Trinajstić information content (AvgIpc) is 3.19. The van der Waals surface area contributed by atoms with Crippen molar-refractivity contribution in [2.24, 2.45) is 0 Å². The second kappa shape index (κ2) is 7.77. The Morgan fingerprint density at radius 1 is 1.07 bits per heavy atom. The average molecular weight is 365 g/mol. The van der Waals surface area contributed by atoms with Crippen LogP contribution in [0.5, 0.6) is 0 Å². The van der Waals surface area contributed by atoms with Gasteiger partial charge in [-0.2, -0.15) is 0 Å². The van der Waals surface area contributed by atoms with Crippen LogP contribution >= 0.6 is 0 Å². The van der Waals surface area contributed by atoms with Gasteiger partial charge >= 0.3 is 5.97 Å². The van der Waals surface area contributed by atoms with E-state index in [0.717, 1.165) is 16.8 Å². The number of tetrazole rings is 1. The molecule has 0 aliphatic heterocycles. The number of rotatable bonds is 5. The van der Waals surface area contributed by atoms with Crippen LogP contribution < -0.4 is 5.32 Å². The first kappa shape index (κ1) is 18.2. The largest absolute Gasteiger partial charge is 0.449 e. The number of nitrogens with zero attached hydrogens (tertiary/aromatic N) is 4. The van der Waals surface area contributed by atoms with Crippen molar-refractivity contribution in [1.29, 1.82) is 0 Å². The molecule has 2 aromatic carbocycles. The Morgan fingerprint density at radius 3 is 2.33 bits per heavy atom. The fourth-order valence-corrected chi connectivity index (χ4v) is 2.55. The minimum Gasteiger partial charge on any atom is -0.449 e. The molecule has 1 atom stereocenters. The van der Waals surface area contributed by atoms with Gasteiger partial charge in [0.05, 0.1) is 11.3 Å². The molecule has 0 spiro atoms. The number of esters is 1. The van der Waals surface area contributed by atoms with E-state index in [4.69, 9.17) is 4.74 Å². The summed E-state index contributed by atoms with van der Waals surface area (Å²) < 4.78 is 6.75. The molecule has 0 radical (unpaired) electrons. The molecule has 0 unspecified atom stereocenters. The Bertz CT molecular complexity index is 932. The number of aromatic nitrogens is 4. The number of ether oxygens (including phenoxy) is 1. The Morgan fingerprint density at radius 2 is 1.74 bits per heavy atom. The summed E-state index contributed by atoms with van der Waals surface area (Å²) in [5, 5.41) is 13.7. The van der Waals surface area contributed by atoms with E-state index in [2.05, 4.69) is 20.8 Å². The zero-order chi connectivity index (χ0) is 19.4. The van der Waals surface area contributed by atoms with Crippen LogP contribution in [0.2, 0.25) is 0 Å². The van der Waals surface area contributed by atoms with Crippen molar-refractivity contribution in [2.75, 3.05) is 5.32 Å². The summed E-state index contributed by atoms with van der Waals surface area (Å²) in [6, 6.07) is 12.3. The summed E-state index contributed by atoms with van der Waals surface area (Å²) >= 11 is 0. The second-order valence-corrected chi connectivity index (χ2v) is 6.10. The van der Waals surface area contributed by atoms with Gasteiger partial charge in [-0.05, 0) is 66.6 Å². The fraction of sp³-hybridized carbons (Fsp3) is 0.211. The third-order valence-corrected chi connectivity index (χ3v) is 4.10. The molecule has 1 aromatic heterocycles. The van der Waals surface area contributed by atoms with Crippen LogP contribution in [0, 0.1) is 13.8 Å². The van der Waals surface area contributed by atoms with Gasteiger partial charge < -0.3 is 10.1 Å². The number of hydrogen-bond donors (Lipinski definition) is 1. The van der Waals surface area contributed by atoms with E-state index in [-0.39, 0.29) is 5.91 Å². The number of benzene rings is 2. The smallest absolute Gasteiger partial charge is 0.338 e. The lowest BCUT2D eigenvalue weighted by atomic mass is 10.1. The number of amides is 1. The van der Waals surface area contributed by atoms with Crippen LogP contribution in [0.4, 0.5) is 5.69 Å². The SMILES string of the molecule is Cc1cccc(C)c1NC(=O)[C@@H](C)OC(=O)c1ccc(-n2cnnn2)cc1. The van der Waals surface area contributed by atoms with Crippen LogP contribution in [0.1, 0.15) is 28.4 Å². The molecule has 1 amide bonds. The van der Waals surface area contributed by atoms with Gasteiger partial charge in [0.15, 0.2) is 6.10 Å². The van der Waals surface area contributed by atoms with Gasteiger partial charge in [0.25, 0.3) is 5.91 Å². The highest BCUT2D eigenvalue weighted by Gasteiger charge is 2.20. The number of aryl methyl sites for hydroxylation is 2. The number of carbonyl (C=O) groups is 2. The van der Waals surface area contributed by atoms with Crippen molar-refractivity contribution in [3.8, 4) is 5.69 Å². The topological polar surface area (TPSA) is 99.0 Å². The van der Waals surface area contributed by atoms with Gasteiger partial charge in [-0.25, -0.2) is 9.48 Å². The molecule has 8 heteroatoms. The molecule has 138 valence electrons. The molecular weight excluding hydrogens is 346 g/mol. The maximum atomic E-state index is 12.4. The van der Waals surface area contributed by atoms with Crippen LogP contribution in [0.25, 0.3) is 5.69 Å². The van der Waals surface area contributed by atoms with E-state index in [9.17, 15) is 9.59 Å². The molecule has 8 nitrogen and oxygen atoms in total. The minimum absolute atomic E-state index is 0.332. The van der Waals surface area contributed by atoms with E-state index in [1.807, 2.05) is 32.0 Å². The molecule has 3 aromatic rings. The molecule has 1 N–H and O–H groups in total. The summed E-state index contributed by atoms with van der Waals surface area (Å²) in [7, 11) is 0. The minimum atomic E-state index is -0.935. The van der Waals surface area contributed by atoms with E-state index in [1.54, 1.807) is 24.3 Å². The van der Waals surface area contributed by atoms with Crippen LogP contribution in [0.15, 0.2) is 48.8 Å². The number of carbonyl (C=O) groups excluding carboxylic acids is 2. The highest BCUT2D eigenvalue weighted by molar-refractivity contribution is 5.98. The third-order valence-electron chi connectivity index (χ3n) is 4.10. The Balaban J connectivity index is 1.64. The third kappa shape index (κ3) is 4.17. The lowest BCUT2D eigenvalue weighted by Gasteiger charge is -2.16. The second-order valence-electron chi connectivity index (χ2n) is 6.10. The molecule has 27 heavy (non-hydrogen) atoms. The molecule has 1 heterocycles. The molecular formula is C19H19N5O3. The van der Waals surface area contributed by atoms with Crippen LogP contribution in [-0.2, 0) is 9.53 Å². The number of para-hydroxylation sites is 1. The zero-order valence-electron chi connectivity index (χ0n) is 15.2. The quantitative estimate of drug-likeness (QED) is 0.697. The summed E-state index contributed by atoms with van der Waals surface area (Å²) in [6.07, 6.45) is 0.517. The van der Waals surface area contributed by atoms with E-state index >= 15 is 0 Å². The van der Waals surface area contributed by atoms with Crippen molar-refractivity contribution in [1.82, 2.24) is 20.2 Å². The highest BCUT2D eigenvalue weighted by Crippen LogP contribution is 2.20. The van der Waals surface area contributed by atoms with Gasteiger partial charge in [0.2, 0.25) is 0 Å². The summed E-state index contributed by atoms with van der Waals surface area (Å²) in [5.74, 6) is -0.964. The maximum absolute atomic E-state index is 12.4. The highest BCUT2D eigenvalue weighted by atomic mass is 16.5. The molecule has 0 aliphatic carbocycles. The van der Waals surface area contributed by atoms with Crippen LogP contribution in [0.3, 0.4) is 0 Å². The van der Waals surface area contributed by atoms with Gasteiger partial charge in [0, 0.05) is 5.69 Å². The van der Waals surface area contributed by atoms with E-state index in [1.165, 1.54) is 17.9 Å². The number of anilines is 1. The van der Waals surface area contributed by atoms with Crippen molar-refractivity contribution in [2.45, 2.75) is 26.9 Å². The van der Waals surface area contributed by atoms with Crippen molar-refractivity contribution in [3.05, 3.63) is 65.5 Å². The van der Waals surface area contributed by atoms with Crippen LogP contribution in [-0.4, -0.2) is 38.2 Å². The maximum Gasteiger partial charge on any atom is 0.338 e. The lowest BCUT2D eigenvalue weighted by molar-refractivity contribution is -0.123. The normalized spacial score (nSPS) is 11.7. The van der Waals surface area contributed by atoms with Crippen molar-refractivity contribution >= 4 is 17.6 Å². The zero-order valence-corrected chi connectivity index (χ0v) is 15.2. The van der Waals surface area contributed by atoms with Gasteiger partial charge in [-0.1, -0.05) is 18.2 Å². The molecule has 0 saturated carbocycles. The predicted molar refractivity (Wildman–Crippen MR) is 98.6 cm³/mol. The van der Waals surface area contributed by atoms with Gasteiger partial charge in [-0.15, -0.1) is 5.10 Å². The summed E-state index contributed by atoms with van der Waals surface area (Å²) in [5.41, 5.74) is 3.66.